The molecule has 5 nitrogen and oxygen atoms in total. The van der Waals surface area contributed by atoms with Crippen molar-refractivity contribution in [2.75, 3.05) is 24.6 Å². The lowest BCUT2D eigenvalue weighted by Gasteiger charge is -2.16. The molecule has 0 atom stereocenters. The van der Waals surface area contributed by atoms with Crippen LogP contribution in [-0.4, -0.2) is 35.6 Å². The first-order valence-electron chi connectivity index (χ1n) is 6.20. The first-order chi connectivity index (χ1) is 9.13. The molecule has 0 saturated carbocycles. The van der Waals surface area contributed by atoms with E-state index in [1.165, 1.54) is 0 Å². The molecule has 104 valence electrons. The predicted octanol–water partition coefficient (Wildman–Crippen LogP) is 2.19. The molecule has 0 aliphatic carbocycles. The fraction of sp³-hybridized carbons (Fsp3) is 0.583. The normalized spacial score (nSPS) is 15.1. The topological polar surface area (TPSA) is 55.3 Å². The van der Waals surface area contributed by atoms with Crippen molar-refractivity contribution >= 4 is 11.9 Å². The number of anilines is 1. The Bertz CT molecular complexity index is 462. The van der Waals surface area contributed by atoms with Crippen LogP contribution in [0.25, 0.3) is 0 Å². The zero-order chi connectivity index (χ0) is 13.8. The van der Waals surface area contributed by atoms with Crippen LogP contribution < -0.4 is 4.90 Å². The Balaban J connectivity index is 2.31. The van der Waals surface area contributed by atoms with Crippen LogP contribution in [0.15, 0.2) is 6.20 Å². The van der Waals surface area contributed by atoms with E-state index in [4.69, 9.17) is 4.74 Å². The lowest BCUT2D eigenvalue weighted by molar-refractivity contribution is 0.0513. The highest BCUT2D eigenvalue weighted by atomic mass is 19.3. The largest absolute Gasteiger partial charge is 0.462 e. The van der Waals surface area contributed by atoms with Crippen molar-refractivity contribution in [3.05, 3.63) is 17.5 Å². The number of rotatable bonds is 4. The molecule has 1 saturated heterocycles. The third kappa shape index (κ3) is 2.97. The highest BCUT2D eigenvalue weighted by molar-refractivity contribution is 5.90. The van der Waals surface area contributed by atoms with Gasteiger partial charge in [-0.05, 0) is 19.8 Å². The molecule has 1 aliphatic heterocycles. The Morgan fingerprint density at radius 3 is 2.74 bits per heavy atom. The number of aromatic nitrogens is 2. The molecule has 0 bridgehead atoms. The van der Waals surface area contributed by atoms with Crippen molar-refractivity contribution in [1.82, 2.24) is 9.97 Å². The highest BCUT2D eigenvalue weighted by Crippen LogP contribution is 2.24. The Morgan fingerprint density at radius 2 is 2.16 bits per heavy atom. The summed E-state index contributed by atoms with van der Waals surface area (Å²) < 4.78 is 30.7. The van der Waals surface area contributed by atoms with Crippen molar-refractivity contribution < 1.29 is 18.3 Å². The molecular weight excluding hydrogens is 256 g/mol. The van der Waals surface area contributed by atoms with Crippen molar-refractivity contribution in [1.29, 1.82) is 0 Å². The summed E-state index contributed by atoms with van der Waals surface area (Å²) >= 11 is 0. The van der Waals surface area contributed by atoms with Gasteiger partial charge in [-0.25, -0.2) is 23.5 Å². The van der Waals surface area contributed by atoms with Gasteiger partial charge in [-0.2, -0.15) is 0 Å². The molecule has 1 fully saturated rings. The van der Waals surface area contributed by atoms with E-state index in [-0.39, 0.29) is 18.1 Å². The van der Waals surface area contributed by atoms with Gasteiger partial charge in [-0.3, -0.25) is 0 Å². The van der Waals surface area contributed by atoms with Gasteiger partial charge in [-0.15, -0.1) is 0 Å². The number of carbonyl (C=O) groups is 1. The first kappa shape index (κ1) is 13.6. The molecule has 0 amide bonds. The molecule has 1 aromatic rings. The minimum absolute atomic E-state index is 0.120. The molecule has 7 heteroatoms. The summed E-state index contributed by atoms with van der Waals surface area (Å²) in [6.07, 6.45) is 0.281. The Morgan fingerprint density at radius 1 is 1.47 bits per heavy atom. The summed E-state index contributed by atoms with van der Waals surface area (Å²) in [5, 5.41) is 0. The third-order valence-corrected chi connectivity index (χ3v) is 2.90. The molecule has 0 aromatic carbocycles. The van der Waals surface area contributed by atoms with E-state index in [0.29, 0.717) is 0 Å². The fourth-order valence-electron chi connectivity index (χ4n) is 1.99. The maximum atomic E-state index is 13.0. The number of hydrogen-bond acceptors (Lipinski definition) is 5. The fourth-order valence-corrected chi connectivity index (χ4v) is 1.99. The first-order valence-corrected chi connectivity index (χ1v) is 6.20. The summed E-state index contributed by atoms with van der Waals surface area (Å²) in [5.74, 6) is -0.563. The number of ether oxygens (including phenoxy) is 1. The standard InChI is InChI=1S/C12H15F2N3O2/c1-2-19-11(18)8-7-15-12(16-9(8)10(13)14)17-5-3-4-6-17/h7,10H,2-6H2,1H3. The van der Waals surface area contributed by atoms with Crippen LogP contribution in [0.3, 0.4) is 0 Å². The second-order valence-electron chi connectivity index (χ2n) is 4.18. The Kier molecular flexibility index (Phi) is 4.24. The van der Waals surface area contributed by atoms with Gasteiger partial charge in [-0.1, -0.05) is 0 Å². The van der Waals surface area contributed by atoms with Gasteiger partial charge in [0.2, 0.25) is 5.95 Å². The second-order valence-corrected chi connectivity index (χ2v) is 4.18. The van der Waals surface area contributed by atoms with Crippen LogP contribution >= 0.6 is 0 Å². The number of nitrogens with zero attached hydrogens (tertiary/aromatic N) is 3. The highest BCUT2D eigenvalue weighted by Gasteiger charge is 2.24. The molecule has 1 aromatic heterocycles. The smallest absolute Gasteiger partial charge is 0.341 e. The quantitative estimate of drug-likeness (QED) is 0.786. The molecule has 0 unspecified atom stereocenters. The van der Waals surface area contributed by atoms with Crippen molar-refractivity contribution in [2.45, 2.75) is 26.2 Å². The minimum Gasteiger partial charge on any atom is -0.462 e. The molecule has 0 N–H and O–H groups in total. The summed E-state index contributed by atoms with van der Waals surface area (Å²) in [4.78, 5) is 21.2. The third-order valence-electron chi connectivity index (χ3n) is 2.90. The molecule has 19 heavy (non-hydrogen) atoms. The predicted molar refractivity (Wildman–Crippen MR) is 64.4 cm³/mol. The van der Waals surface area contributed by atoms with E-state index in [9.17, 15) is 13.6 Å². The summed E-state index contributed by atoms with van der Waals surface area (Å²) in [6.45, 7) is 3.23. The molecular formula is C12H15F2N3O2. The lowest BCUT2D eigenvalue weighted by atomic mass is 10.2. The molecule has 0 radical (unpaired) electrons. The summed E-state index contributed by atoms with van der Waals surface area (Å²) in [6, 6.07) is 0. The maximum absolute atomic E-state index is 13.0. The van der Waals surface area contributed by atoms with Crippen molar-refractivity contribution in [3.8, 4) is 0 Å². The summed E-state index contributed by atoms with van der Waals surface area (Å²) in [5.41, 5.74) is -0.824. The Labute approximate surface area is 109 Å². The Hall–Kier alpha value is -1.79. The van der Waals surface area contributed by atoms with Crippen LogP contribution in [0, 0.1) is 0 Å². The van der Waals surface area contributed by atoms with Gasteiger partial charge in [0.25, 0.3) is 6.43 Å². The van der Waals surface area contributed by atoms with E-state index < -0.39 is 18.1 Å². The van der Waals surface area contributed by atoms with E-state index in [1.54, 1.807) is 6.92 Å². The molecule has 2 rings (SSSR count). The minimum atomic E-state index is -2.83. The van der Waals surface area contributed by atoms with Crippen LogP contribution in [0.1, 0.15) is 42.2 Å². The van der Waals surface area contributed by atoms with Crippen LogP contribution in [0.5, 0.6) is 0 Å². The van der Waals surface area contributed by atoms with Crippen LogP contribution in [0.2, 0.25) is 0 Å². The molecule has 0 spiro atoms. The van der Waals surface area contributed by atoms with E-state index in [1.807, 2.05) is 4.90 Å². The number of halogens is 2. The van der Waals surface area contributed by atoms with Crippen LogP contribution in [-0.2, 0) is 4.74 Å². The van der Waals surface area contributed by atoms with Gasteiger partial charge in [0, 0.05) is 19.3 Å². The average molecular weight is 271 g/mol. The number of esters is 1. The molecule has 1 aliphatic rings. The van der Waals surface area contributed by atoms with E-state index in [0.717, 1.165) is 32.1 Å². The number of alkyl halides is 2. The second kappa shape index (κ2) is 5.90. The SMILES string of the molecule is CCOC(=O)c1cnc(N2CCCC2)nc1C(F)F. The van der Waals surface area contributed by atoms with Gasteiger partial charge in [0.05, 0.1) is 6.61 Å². The van der Waals surface area contributed by atoms with E-state index >= 15 is 0 Å². The van der Waals surface area contributed by atoms with Crippen molar-refractivity contribution in [2.24, 2.45) is 0 Å². The summed E-state index contributed by atoms with van der Waals surface area (Å²) in [7, 11) is 0. The number of carbonyl (C=O) groups excluding carboxylic acids is 1. The zero-order valence-electron chi connectivity index (χ0n) is 10.6. The molecule has 2 heterocycles. The zero-order valence-corrected chi connectivity index (χ0v) is 10.6. The van der Waals surface area contributed by atoms with Crippen LogP contribution in [0.4, 0.5) is 14.7 Å². The van der Waals surface area contributed by atoms with Crippen molar-refractivity contribution in [3.63, 3.8) is 0 Å². The number of hydrogen-bond donors (Lipinski definition) is 0. The van der Waals surface area contributed by atoms with Gasteiger partial charge < -0.3 is 9.64 Å². The maximum Gasteiger partial charge on any atom is 0.341 e. The monoisotopic (exact) mass is 271 g/mol. The average Bonchev–Trinajstić information content (AvgIpc) is 2.92. The van der Waals surface area contributed by atoms with Gasteiger partial charge >= 0.3 is 5.97 Å². The lowest BCUT2D eigenvalue weighted by Crippen LogP contribution is -2.22. The van der Waals surface area contributed by atoms with E-state index in [2.05, 4.69) is 9.97 Å². The van der Waals surface area contributed by atoms with Gasteiger partial charge in [0.1, 0.15) is 11.3 Å². The van der Waals surface area contributed by atoms with Gasteiger partial charge in [0.15, 0.2) is 0 Å².